The van der Waals surface area contributed by atoms with Crippen molar-refractivity contribution in [2.45, 2.75) is 0 Å². The third-order valence-electron chi connectivity index (χ3n) is 3.24. The van der Waals surface area contributed by atoms with Crippen molar-refractivity contribution < 1.29 is 4.74 Å². The number of anilines is 1. The van der Waals surface area contributed by atoms with Crippen LogP contribution in [-0.2, 0) is 4.74 Å². The molecule has 1 aromatic rings. The molecule has 0 N–H and O–H groups in total. The smallest absolute Gasteiger partial charge is 0.0579 e. The molecule has 3 rings (SSSR count). The van der Waals surface area contributed by atoms with E-state index >= 15 is 0 Å². The van der Waals surface area contributed by atoms with E-state index < -0.39 is 0 Å². The van der Waals surface area contributed by atoms with Crippen LogP contribution in [-0.4, -0.2) is 26.3 Å². The molecule has 5 nitrogen and oxygen atoms in total. The van der Waals surface area contributed by atoms with Gasteiger partial charge in [0.25, 0.3) is 0 Å². The fraction of sp³-hybridized carbons (Fsp3) is 0.455. The van der Waals surface area contributed by atoms with Crippen molar-refractivity contribution >= 4 is 11.4 Å². The van der Waals surface area contributed by atoms with Crippen molar-refractivity contribution in [3.05, 3.63) is 34.7 Å². The summed E-state index contributed by atoms with van der Waals surface area (Å²) in [6.07, 6.45) is 0. The van der Waals surface area contributed by atoms with Crippen molar-refractivity contribution in [1.29, 1.82) is 0 Å². The second kappa shape index (κ2) is 3.40. The first kappa shape index (κ1) is 9.51. The van der Waals surface area contributed by atoms with Crippen LogP contribution in [0, 0.1) is 5.41 Å². The Bertz CT molecular complexity index is 438. The average Bonchev–Trinajstić information content (AvgIpc) is 2.16. The summed E-state index contributed by atoms with van der Waals surface area (Å²) in [6.45, 7) is 3.96. The lowest BCUT2D eigenvalue weighted by Crippen LogP contribution is -2.66. The maximum absolute atomic E-state index is 8.30. The zero-order chi connectivity index (χ0) is 11.0. The lowest BCUT2D eigenvalue weighted by Gasteiger charge is -2.56. The first-order chi connectivity index (χ1) is 7.81. The van der Waals surface area contributed by atoms with E-state index in [1.165, 1.54) is 5.69 Å². The van der Waals surface area contributed by atoms with E-state index in [4.69, 9.17) is 10.3 Å². The summed E-state index contributed by atoms with van der Waals surface area (Å²) in [6, 6.07) is 7.68. The molecule has 5 heteroatoms. The molecule has 1 aromatic carbocycles. The second-order valence-corrected chi connectivity index (χ2v) is 4.55. The van der Waals surface area contributed by atoms with Crippen LogP contribution in [0.3, 0.4) is 0 Å². The number of rotatable bonds is 2. The Morgan fingerprint density at radius 2 is 1.94 bits per heavy atom. The molecule has 0 unspecified atom stereocenters. The molecule has 0 atom stereocenters. The lowest BCUT2D eigenvalue weighted by molar-refractivity contribution is -0.127. The van der Waals surface area contributed by atoms with E-state index in [1.807, 2.05) is 24.3 Å². The maximum atomic E-state index is 8.30. The molecule has 16 heavy (non-hydrogen) atoms. The summed E-state index contributed by atoms with van der Waals surface area (Å²) in [5.74, 6) is 0. The second-order valence-electron chi connectivity index (χ2n) is 4.55. The molecule has 0 aliphatic carbocycles. The van der Waals surface area contributed by atoms with Gasteiger partial charge in [-0.25, -0.2) is 0 Å². The predicted molar refractivity (Wildman–Crippen MR) is 60.7 cm³/mol. The first-order valence-electron chi connectivity index (χ1n) is 5.29. The Labute approximate surface area is 93.3 Å². The number of benzene rings is 1. The van der Waals surface area contributed by atoms with Gasteiger partial charge in [0.2, 0.25) is 0 Å². The van der Waals surface area contributed by atoms with E-state index in [-0.39, 0.29) is 0 Å². The summed E-state index contributed by atoms with van der Waals surface area (Å²) < 4.78 is 5.23. The SMILES string of the molecule is [N-]=[N+]=Nc1ccc(N2CC3(COC3)C2)cc1. The lowest BCUT2D eigenvalue weighted by atomic mass is 9.78. The molecule has 2 fully saturated rings. The number of ether oxygens (including phenoxy) is 1. The number of nitrogens with zero attached hydrogens (tertiary/aromatic N) is 4. The number of hydrogen-bond acceptors (Lipinski definition) is 3. The highest BCUT2D eigenvalue weighted by atomic mass is 16.5. The molecule has 2 aliphatic rings. The predicted octanol–water partition coefficient (Wildman–Crippen LogP) is 2.47. The van der Waals surface area contributed by atoms with Gasteiger partial charge >= 0.3 is 0 Å². The largest absolute Gasteiger partial charge is 0.380 e. The van der Waals surface area contributed by atoms with E-state index in [2.05, 4.69) is 14.9 Å². The monoisotopic (exact) mass is 216 g/mol. The van der Waals surface area contributed by atoms with Gasteiger partial charge in [0.1, 0.15) is 0 Å². The van der Waals surface area contributed by atoms with Gasteiger partial charge in [-0.3, -0.25) is 0 Å². The van der Waals surface area contributed by atoms with E-state index in [0.29, 0.717) is 11.1 Å². The number of azide groups is 1. The Morgan fingerprint density at radius 3 is 2.44 bits per heavy atom. The third kappa shape index (κ3) is 1.41. The molecule has 2 heterocycles. The van der Waals surface area contributed by atoms with E-state index in [1.54, 1.807) is 0 Å². The fourth-order valence-corrected chi connectivity index (χ4v) is 2.30. The molecule has 2 saturated heterocycles. The van der Waals surface area contributed by atoms with Crippen LogP contribution in [0.4, 0.5) is 11.4 Å². The quantitative estimate of drug-likeness (QED) is 0.433. The Morgan fingerprint density at radius 1 is 1.25 bits per heavy atom. The van der Waals surface area contributed by atoms with Gasteiger partial charge in [-0.05, 0) is 17.7 Å². The molecular formula is C11H12N4O. The minimum absolute atomic E-state index is 0.434. The molecule has 0 saturated carbocycles. The highest BCUT2D eigenvalue weighted by molar-refractivity contribution is 5.55. The van der Waals surface area contributed by atoms with Crippen LogP contribution in [0.1, 0.15) is 0 Å². The van der Waals surface area contributed by atoms with Gasteiger partial charge in [0, 0.05) is 29.4 Å². The molecule has 82 valence electrons. The molecule has 0 bridgehead atoms. The first-order valence-corrected chi connectivity index (χ1v) is 5.29. The summed E-state index contributed by atoms with van der Waals surface area (Å²) in [4.78, 5) is 5.08. The Kier molecular flexibility index (Phi) is 2.02. The van der Waals surface area contributed by atoms with Crippen LogP contribution in [0.25, 0.3) is 10.4 Å². The Hall–Kier alpha value is -1.71. The Balaban J connectivity index is 1.69. The van der Waals surface area contributed by atoms with Gasteiger partial charge < -0.3 is 9.64 Å². The van der Waals surface area contributed by atoms with Crippen molar-refractivity contribution in [3.8, 4) is 0 Å². The van der Waals surface area contributed by atoms with Gasteiger partial charge in [-0.2, -0.15) is 0 Å². The normalized spacial score (nSPS) is 20.9. The topological polar surface area (TPSA) is 61.2 Å². The van der Waals surface area contributed by atoms with E-state index in [9.17, 15) is 0 Å². The van der Waals surface area contributed by atoms with E-state index in [0.717, 1.165) is 26.3 Å². The van der Waals surface area contributed by atoms with Gasteiger partial charge in [-0.1, -0.05) is 17.2 Å². The molecule has 2 aliphatic heterocycles. The zero-order valence-corrected chi connectivity index (χ0v) is 8.83. The van der Waals surface area contributed by atoms with Crippen molar-refractivity contribution in [3.63, 3.8) is 0 Å². The highest BCUT2D eigenvalue weighted by Gasteiger charge is 2.48. The molecule has 1 spiro atoms. The summed E-state index contributed by atoms with van der Waals surface area (Å²) in [7, 11) is 0. The summed E-state index contributed by atoms with van der Waals surface area (Å²) >= 11 is 0. The average molecular weight is 216 g/mol. The van der Waals surface area contributed by atoms with Crippen molar-refractivity contribution in [1.82, 2.24) is 0 Å². The van der Waals surface area contributed by atoms with Crippen LogP contribution in [0.2, 0.25) is 0 Å². The van der Waals surface area contributed by atoms with Crippen molar-refractivity contribution in [2.24, 2.45) is 10.5 Å². The zero-order valence-electron chi connectivity index (χ0n) is 8.83. The maximum Gasteiger partial charge on any atom is 0.0579 e. The van der Waals surface area contributed by atoms with Crippen LogP contribution >= 0.6 is 0 Å². The van der Waals surface area contributed by atoms with Crippen LogP contribution in [0.5, 0.6) is 0 Å². The van der Waals surface area contributed by atoms with Crippen molar-refractivity contribution in [2.75, 3.05) is 31.2 Å². The van der Waals surface area contributed by atoms with Gasteiger partial charge in [0.05, 0.1) is 18.6 Å². The minimum atomic E-state index is 0.434. The molecule has 0 amide bonds. The molecular weight excluding hydrogens is 204 g/mol. The standard InChI is InChI=1S/C11H12N4O/c12-14-13-9-1-3-10(4-2-9)15-5-11(6-15)7-16-8-11/h1-4H,5-8H2. The van der Waals surface area contributed by atoms with Gasteiger partial charge in [-0.15, -0.1) is 0 Å². The van der Waals surface area contributed by atoms with Gasteiger partial charge in [0.15, 0.2) is 0 Å². The molecule has 0 radical (unpaired) electrons. The van der Waals surface area contributed by atoms with Crippen LogP contribution < -0.4 is 4.90 Å². The highest BCUT2D eigenvalue weighted by Crippen LogP contribution is 2.40. The summed E-state index contributed by atoms with van der Waals surface area (Å²) in [5.41, 5.74) is 10.6. The third-order valence-corrected chi connectivity index (χ3v) is 3.24. The summed E-state index contributed by atoms with van der Waals surface area (Å²) in [5, 5.41) is 3.55. The fourth-order valence-electron chi connectivity index (χ4n) is 2.30. The minimum Gasteiger partial charge on any atom is -0.380 e. The molecule has 0 aromatic heterocycles. The number of hydrogen-bond donors (Lipinski definition) is 0. The van der Waals surface area contributed by atoms with Crippen LogP contribution in [0.15, 0.2) is 29.4 Å².